The summed E-state index contributed by atoms with van der Waals surface area (Å²) in [6, 6.07) is 0. The van der Waals surface area contributed by atoms with Crippen molar-refractivity contribution in [3.05, 3.63) is 24.3 Å². The minimum absolute atomic E-state index is 0. The molecule has 0 aromatic rings. The summed E-state index contributed by atoms with van der Waals surface area (Å²) in [5, 5.41) is 10.8. The maximum absolute atomic E-state index is 11.1. The number of carbonyl (C=O) groups is 4. The minimum Gasteiger partial charge on any atom is -0.478 e. The van der Waals surface area contributed by atoms with Crippen molar-refractivity contribution in [3.8, 4) is 0 Å². The predicted octanol–water partition coefficient (Wildman–Crippen LogP) is 3.06. The molecule has 2 N–H and O–H groups in total. The smallest absolute Gasteiger partial charge is 0.328 e. The highest BCUT2D eigenvalue weighted by molar-refractivity contribution is 6.12. The third-order valence-electron chi connectivity index (χ3n) is 3.84. The number of unbranched alkanes of at least 4 members (excludes halogenated alkanes) is 6. The lowest BCUT2D eigenvalue weighted by molar-refractivity contribution is -0.137. The molecule has 0 saturated heterocycles. The van der Waals surface area contributed by atoms with E-state index in [1.54, 1.807) is 0 Å². The van der Waals surface area contributed by atoms with Gasteiger partial charge < -0.3 is 10.4 Å². The third-order valence-corrected chi connectivity index (χ3v) is 3.84. The van der Waals surface area contributed by atoms with Crippen LogP contribution in [0.5, 0.6) is 0 Å². The average Bonchev–Trinajstić information content (AvgIpc) is 2.95. The van der Waals surface area contributed by atoms with E-state index in [0.717, 1.165) is 44.3 Å². The van der Waals surface area contributed by atoms with Crippen LogP contribution in [0.2, 0.25) is 0 Å². The molecule has 0 aliphatic carbocycles. The molecule has 0 spiro atoms. The van der Waals surface area contributed by atoms with Gasteiger partial charge in [-0.05, 0) is 12.8 Å². The van der Waals surface area contributed by atoms with Crippen molar-refractivity contribution in [1.29, 1.82) is 0 Å². The monoisotopic (exact) mass is 383 g/mol. The first-order valence-electron chi connectivity index (χ1n) is 9.64. The molecule has 1 aliphatic rings. The third kappa shape index (κ3) is 13.4. The Morgan fingerprint density at radius 2 is 1.52 bits per heavy atom. The highest BCUT2D eigenvalue weighted by atomic mass is 16.4. The van der Waals surface area contributed by atoms with Gasteiger partial charge in [0.1, 0.15) is 0 Å². The van der Waals surface area contributed by atoms with Crippen LogP contribution in [0.3, 0.4) is 0 Å². The molecule has 3 amide bonds. The quantitative estimate of drug-likeness (QED) is 0.306. The van der Waals surface area contributed by atoms with Crippen LogP contribution < -0.4 is 5.32 Å². The van der Waals surface area contributed by atoms with Gasteiger partial charge in [-0.3, -0.25) is 19.3 Å². The summed E-state index contributed by atoms with van der Waals surface area (Å²) in [6.07, 6.45) is 13.3. The Labute approximate surface area is 163 Å². The second-order valence-electron chi connectivity index (χ2n) is 6.25. The number of carboxylic acids is 1. The Morgan fingerprint density at radius 3 is 2.04 bits per heavy atom. The van der Waals surface area contributed by atoms with Crippen molar-refractivity contribution in [2.75, 3.05) is 13.1 Å². The average molecular weight is 384 g/mol. The zero-order valence-corrected chi connectivity index (χ0v) is 16.4. The summed E-state index contributed by atoms with van der Waals surface area (Å²) in [7, 11) is 0. The standard InChI is InChI=1S/C10H17NO3.C10H15NO2.H2/c1-2-3-4-5-8-11-9(12)6-7-10(13)14;1-2-3-4-5-8-11-9(12)6-7-10(11)13;/h6-7H,2-5,8H2,1H3,(H,11,12)(H,13,14);6-7H,2-5,8H2,1H3;1H/b7-6-;;/i;;1+1. The Morgan fingerprint density at radius 1 is 0.963 bits per heavy atom. The van der Waals surface area contributed by atoms with Crippen LogP contribution in [0.25, 0.3) is 0 Å². The van der Waals surface area contributed by atoms with Crippen molar-refractivity contribution < 1.29 is 25.7 Å². The number of nitrogens with zero attached hydrogens (tertiary/aromatic N) is 1. The Kier molecular flexibility index (Phi) is 14.4. The summed E-state index contributed by atoms with van der Waals surface area (Å²) in [5.41, 5.74) is 0. The molecule has 7 heteroatoms. The summed E-state index contributed by atoms with van der Waals surface area (Å²) < 4.78 is 0. The van der Waals surface area contributed by atoms with Crippen LogP contribution in [-0.4, -0.2) is 46.8 Å². The number of aliphatic carboxylic acids is 1. The topological polar surface area (TPSA) is 104 Å². The molecule has 0 aromatic heterocycles. The van der Waals surface area contributed by atoms with E-state index in [2.05, 4.69) is 19.2 Å². The van der Waals surface area contributed by atoms with E-state index in [-0.39, 0.29) is 19.1 Å². The van der Waals surface area contributed by atoms with Crippen LogP contribution >= 0.6 is 0 Å². The largest absolute Gasteiger partial charge is 0.478 e. The van der Waals surface area contributed by atoms with Gasteiger partial charge in [0.2, 0.25) is 5.91 Å². The van der Waals surface area contributed by atoms with Gasteiger partial charge in [0.15, 0.2) is 0 Å². The minimum atomic E-state index is -1.11. The van der Waals surface area contributed by atoms with Crippen LogP contribution in [-0.2, 0) is 19.2 Å². The molecule has 0 radical (unpaired) electrons. The van der Waals surface area contributed by atoms with E-state index >= 15 is 0 Å². The summed E-state index contributed by atoms with van der Waals surface area (Å²) in [5.74, 6) is -1.78. The molecule has 0 bridgehead atoms. The van der Waals surface area contributed by atoms with Gasteiger partial charge in [-0.1, -0.05) is 52.4 Å². The molecule has 1 aliphatic heterocycles. The first-order valence-corrected chi connectivity index (χ1v) is 9.64. The molecule has 0 fully saturated rings. The molecule has 0 aromatic carbocycles. The number of amides is 3. The maximum Gasteiger partial charge on any atom is 0.328 e. The lowest BCUT2D eigenvalue weighted by Gasteiger charge is -2.12. The van der Waals surface area contributed by atoms with Crippen LogP contribution in [0, 0.1) is 0 Å². The second kappa shape index (κ2) is 15.8. The van der Waals surface area contributed by atoms with Crippen molar-refractivity contribution in [3.63, 3.8) is 0 Å². The van der Waals surface area contributed by atoms with E-state index < -0.39 is 5.97 Å². The SMILES string of the molecule is CCCCCCN1C(=O)C=CC1=O.CCCCCCNC(=O)/C=C\C(=O)O.[2HH]. The number of rotatable bonds is 12. The molecular weight excluding hydrogens is 348 g/mol. The van der Waals surface area contributed by atoms with Gasteiger partial charge in [0.05, 0.1) is 0 Å². The molecule has 0 saturated carbocycles. The number of hydrogen-bond acceptors (Lipinski definition) is 4. The number of carboxylic acid groups (broad SMARTS) is 1. The highest BCUT2D eigenvalue weighted by Gasteiger charge is 2.21. The highest BCUT2D eigenvalue weighted by Crippen LogP contribution is 2.07. The van der Waals surface area contributed by atoms with Gasteiger partial charge in [-0.25, -0.2) is 4.79 Å². The molecular formula is C20H34N2O5. The van der Waals surface area contributed by atoms with E-state index in [4.69, 9.17) is 5.11 Å². The lowest BCUT2D eigenvalue weighted by Crippen LogP contribution is -2.30. The zero-order valence-electron chi connectivity index (χ0n) is 16.4. The number of nitrogens with one attached hydrogen (secondary N) is 1. The molecule has 27 heavy (non-hydrogen) atoms. The second-order valence-corrected chi connectivity index (χ2v) is 6.25. The zero-order chi connectivity index (χ0) is 20.5. The fraction of sp³-hybridized carbons (Fsp3) is 0.600. The van der Waals surface area contributed by atoms with Gasteiger partial charge in [0, 0.05) is 38.8 Å². The van der Waals surface area contributed by atoms with Crippen LogP contribution in [0.1, 0.15) is 66.6 Å². The molecule has 1 heterocycles. The van der Waals surface area contributed by atoms with Gasteiger partial charge in [-0.2, -0.15) is 0 Å². The Bertz CT molecular complexity index is 529. The van der Waals surface area contributed by atoms with Crippen LogP contribution in [0.4, 0.5) is 0 Å². The van der Waals surface area contributed by atoms with Crippen molar-refractivity contribution in [2.24, 2.45) is 0 Å². The summed E-state index contributed by atoms with van der Waals surface area (Å²) in [6.45, 7) is 5.44. The summed E-state index contributed by atoms with van der Waals surface area (Å²) in [4.78, 5) is 44.4. The lowest BCUT2D eigenvalue weighted by atomic mass is 10.2. The van der Waals surface area contributed by atoms with Crippen molar-refractivity contribution >= 4 is 23.7 Å². The van der Waals surface area contributed by atoms with E-state index in [9.17, 15) is 19.2 Å². The molecule has 7 nitrogen and oxygen atoms in total. The summed E-state index contributed by atoms with van der Waals surface area (Å²) >= 11 is 0. The molecule has 0 unspecified atom stereocenters. The first kappa shape index (κ1) is 24.6. The number of carbonyl (C=O) groups excluding carboxylic acids is 3. The van der Waals surface area contributed by atoms with Crippen molar-refractivity contribution in [1.82, 2.24) is 10.2 Å². The Balaban J connectivity index is 0. The molecule has 0 atom stereocenters. The van der Waals surface area contributed by atoms with Gasteiger partial charge in [-0.15, -0.1) is 0 Å². The molecule has 154 valence electrons. The van der Waals surface area contributed by atoms with Crippen molar-refractivity contribution in [2.45, 2.75) is 65.2 Å². The van der Waals surface area contributed by atoms with Crippen LogP contribution in [0.15, 0.2) is 24.3 Å². The van der Waals surface area contributed by atoms with E-state index in [0.29, 0.717) is 13.1 Å². The molecule has 1 rings (SSSR count). The Hall–Kier alpha value is -2.44. The van der Waals surface area contributed by atoms with E-state index in [1.165, 1.54) is 36.3 Å². The maximum atomic E-state index is 11.1. The van der Waals surface area contributed by atoms with Gasteiger partial charge in [0.25, 0.3) is 11.8 Å². The fourth-order valence-electron chi connectivity index (χ4n) is 2.32. The fourth-order valence-corrected chi connectivity index (χ4v) is 2.32. The number of imide groups is 1. The van der Waals surface area contributed by atoms with E-state index in [1.807, 2.05) is 0 Å². The normalized spacial score (nSPS) is 13.0. The predicted molar refractivity (Wildman–Crippen MR) is 106 cm³/mol. The first-order chi connectivity index (χ1) is 12.9. The number of hydrogen-bond donors (Lipinski definition) is 2. The van der Waals surface area contributed by atoms with Gasteiger partial charge >= 0.3 is 5.97 Å².